The largest absolute Gasteiger partial charge is 0.480 e. The lowest BCUT2D eigenvalue weighted by molar-refractivity contribution is -0.137. The number of para-hydroxylation sites is 1. The first kappa shape index (κ1) is 13.8. The highest BCUT2D eigenvalue weighted by molar-refractivity contribution is 5.94. The zero-order valence-corrected chi connectivity index (χ0v) is 11.1. The third kappa shape index (κ3) is 2.85. The average molecular weight is 273 g/mol. The maximum Gasteiger partial charge on any atom is 0.323 e. The smallest absolute Gasteiger partial charge is 0.323 e. The van der Waals surface area contributed by atoms with Crippen molar-refractivity contribution in [3.05, 3.63) is 48.5 Å². The van der Waals surface area contributed by atoms with Crippen molar-refractivity contribution >= 4 is 11.9 Å². The highest BCUT2D eigenvalue weighted by Crippen LogP contribution is 2.12. The van der Waals surface area contributed by atoms with E-state index in [1.807, 2.05) is 30.3 Å². The molecule has 6 nitrogen and oxygen atoms in total. The molecular formula is C14H15N3O3. The van der Waals surface area contributed by atoms with Crippen molar-refractivity contribution in [1.29, 1.82) is 0 Å². The van der Waals surface area contributed by atoms with Gasteiger partial charge in [0.15, 0.2) is 0 Å². The molecule has 1 aromatic carbocycles. The van der Waals surface area contributed by atoms with Gasteiger partial charge in [-0.2, -0.15) is 0 Å². The van der Waals surface area contributed by atoms with Crippen LogP contribution in [-0.4, -0.2) is 44.5 Å². The Morgan fingerprint density at radius 3 is 2.60 bits per heavy atom. The van der Waals surface area contributed by atoms with Crippen LogP contribution in [0.5, 0.6) is 0 Å². The van der Waals surface area contributed by atoms with Crippen LogP contribution in [0.1, 0.15) is 17.4 Å². The number of likely N-dealkylation sites (N-methyl/N-ethyl adjacent to an activating group) is 1. The summed E-state index contributed by atoms with van der Waals surface area (Å²) in [6.07, 6.45) is 2.98. The molecule has 0 aliphatic carbocycles. The van der Waals surface area contributed by atoms with E-state index in [1.54, 1.807) is 11.5 Å². The minimum absolute atomic E-state index is 0.324. The SMILES string of the molecule is CCN(CC(=O)O)C(=O)c1cncn1-c1ccccc1. The van der Waals surface area contributed by atoms with Crippen molar-refractivity contribution in [2.45, 2.75) is 6.92 Å². The Hall–Kier alpha value is -2.63. The van der Waals surface area contributed by atoms with E-state index in [2.05, 4.69) is 4.98 Å². The van der Waals surface area contributed by atoms with Gasteiger partial charge in [0, 0.05) is 12.2 Å². The van der Waals surface area contributed by atoms with Gasteiger partial charge in [-0.1, -0.05) is 18.2 Å². The maximum atomic E-state index is 12.4. The lowest BCUT2D eigenvalue weighted by Gasteiger charge is -2.19. The van der Waals surface area contributed by atoms with Crippen molar-refractivity contribution in [1.82, 2.24) is 14.5 Å². The fourth-order valence-corrected chi connectivity index (χ4v) is 1.90. The van der Waals surface area contributed by atoms with E-state index in [0.717, 1.165) is 5.69 Å². The molecule has 104 valence electrons. The summed E-state index contributed by atoms with van der Waals surface area (Å²) < 4.78 is 1.65. The van der Waals surface area contributed by atoms with Crippen LogP contribution < -0.4 is 0 Å². The highest BCUT2D eigenvalue weighted by Gasteiger charge is 2.20. The predicted octanol–water partition coefficient (Wildman–Crippen LogP) is 1.42. The number of carbonyl (C=O) groups excluding carboxylic acids is 1. The standard InChI is InChI=1S/C14H15N3O3/c1-2-16(9-13(18)19)14(20)12-8-15-10-17(12)11-6-4-3-5-7-11/h3-8,10H,2,9H2,1H3,(H,18,19). The van der Waals surface area contributed by atoms with Crippen LogP contribution in [-0.2, 0) is 4.79 Å². The number of carbonyl (C=O) groups is 2. The molecule has 1 amide bonds. The normalized spacial score (nSPS) is 10.2. The summed E-state index contributed by atoms with van der Waals surface area (Å²) in [5.41, 5.74) is 1.15. The van der Waals surface area contributed by atoms with Crippen molar-refractivity contribution in [2.75, 3.05) is 13.1 Å². The molecule has 0 spiro atoms. The lowest BCUT2D eigenvalue weighted by Crippen LogP contribution is -2.36. The Morgan fingerprint density at radius 1 is 1.30 bits per heavy atom. The summed E-state index contributed by atoms with van der Waals surface area (Å²) in [6, 6.07) is 9.30. The molecule has 20 heavy (non-hydrogen) atoms. The Morgan fingerprint density at radius 2 is 2.00 bits per heavy atom. The summed E-state index contributed by atoms with van der Waals surface area (Å²) >= 11 is 0. The van der Waals surface area contributed by atoms with Gasteiger partial charge in [-0.05, 0) is 19.1 Å². The number of aromatic nitrogens is 2. The second-order valence-corrected chi connectivity index (χ2v) is 4.20. The quantitative estimate of drug-likeness (QED) is 0.894. The zero-order chi connectivity index (χ0) is 14.5. The van der Waals surface area contributed by atoms with Gasteiger partial charge < -0.3 is 10.0 Å². The molecule has 0 aliphatic rings. The molecule has 0 atom stereocenters. The summed E-state index contributed by atoms with van der Waals surface area (Å²) in [7, 11) is 0. The predicted molar refractivity (Wildman–Crippen MR) is 72.8 cm³/mol. The molecular weight excluding hydrogens is 258 g/mol. The van der Waals surface area contributed by atoms with E-state index in [4.69, 9.17) is 5.11 Å². The van der Waals surface area contributed by atoms with Crippen LogP contribution in [0.4, 0.5) is 0 Å². The zero-order valence-electron chi connectivity index (χ0n) is 11.1. The fourth-order valence-electron chi connectivity index (χ4n) is 1.90. The number of hydrogen-bond acceptors (Lipinski definition) is 3. The van der Waals surface area contributed by atoms with E-state index in [-0.39, 0.29) is 12.5 Å². The van der Waals surface area contributed by atoms with Gasteiger partial charge in [0.1, 0.15) is 12.2 Å². The van der Waals surface area contributed by atoms with Gasteiger partial charge in [-0.3, -0.25) is 14.2 Å². The number of hydrogen-bond donors (Lipinski definition) is 1. The van der Waals surface area contributed by atoms with Crippen LogP contribution in [0.25, 0.3) is 5.69 Å². The lowest BCUT2D eigenvalue weighted by atomic mass is 10.3. The monoisotopic (exact) mass is 273 g/mol. The minimum atomic E-state index is -1.04. The number of benzene rings is 1. The van der Waals surface area contributed by atoms with Crippen molar-refractivity contribution in [3.8, 4) is 5.69 Å². The van der Waals surface area contributed by atoms with Crippen LogP contribution in [0.3, 0.4) is 0 Å². The number of nitrogens with zero attached hydrogens (tertiary/aromatic N) is 3. The number of amides is 1. The van der Waals surface area contributed by atoms with Gasteiger partial charge in [-0.15, -0.1) is 0 Å². The number of carboxylic acids is 1. The summed E-state index contributed by atoms with van der Waals surface area (Å²) in [5.74, 6) is -1.39. The molecule has 0 saturated heterocycles. The van der Waals surface area contributed by atoms with Crippen LogP contribution in [0.2, 0.25) is 0 Å². The number of imidazole rings is 1. The van der Waals surface area contributed by atoms with E-state index in [0.29, 0.717) is 12.2 Å². The summed E-state index contributed by atoms with van der Waals surface area (Å²) in [6.45, 7) is 1.74. The topological polar surface area (TPSA) is 75.4 Å². The molecule has 0 unspecified atom stereocenters. The molecule has 2 aromatic rings. The molecule has 0 saturated carbocycles. The molecule has 1 N–H and O–H groups in total. The van der Waals surface area contributed by atoms with Gasteiger partial charge in [0.2, 0.25) is 0 Å². The van der Waals surface area contributed by atoms with Crippen LogP contribution >= 0.6 is 0 Å². The molecule has 0 fully saturated rings. The number of carboxylic acid groups (broad SMARTS) is 1. The van der Waals surface area contributed by atoms with Gasteiger partial charge in [0.05, 0.1) is 12.5 Å². The Balaban J connectivity index is 2.32. The fraction of sp³-hybridized carbons (Fsp3) is 0.214. The molecule has 0 aliphatic heterocycles. The maximum absolute atomic E-state index is 12.4. The first-order chi connectivity index (χ1) is 9.63. The minimum Gasteiger partial charge on any atom is -0.480 e. The van der Waals surface area contributed by atoms with Crippen LogP contribution in [0, 0.1) is 0 Å². The summed E-state index contributed by atoms with van der Waals surface area (Å²) in [5, 5.41) is 8.83. The van der Waals surface area contributed by atoms with E-state index in [1.165, 1.54) is 17.4 Å². The Bertz CT molecular complexity index is 607. The first-order valence-electron chi connectivity index (χ1n) is 6.22. The second kappa shape index (κ2) is 6.01. The second-order valence-electron chi connectivity index (χ2n) is 4.20. The van der Waals surface area contributed by atoms with Crippen molar-refractivity contribution < 1.29 is 14.7 Å². The molecule has 0 bridgehead atoms. The van der Waals surface area contributed by atoms with Crippen LogP contribution in [0.15, 0.2) is 42.9 Å². The average Bonchev–Trinajstić information content (AvgIpc) is 2.94. The molecule has 1 aromatic heterocycles. The van der Waals surface area contributed by atoms with Crippen molar-refractivity contribution in [2.24, 2.45) is 0 Å². The number of aliphatic carboxylic acids is 1. The van der Waals surface area contributed by atoms with E-state index in [9.17, 15) is 9.59 Å². The third-order valence-electron chi connectivity index (χ3n) is 2.89. The molecule has 1 heterocycles. The molecule has 2 rings (SSSR count). The Kier molecular flexibility index (Phi) is 4.14. The van der Waals surface area contributed by atoms with Gasteiger partial charge in [0.25, 0.3) is 5.91 Å². The van der Waals surface area contributed by atoms with Gasteiger partial charge in [-0.25, -0.2) is 4.98 Å². The Labute approximate surface area is 116 Å². The van der Waals surface area contributed by atoms with E-state index >= 15 is 0 Å². The number of rotatable bonds is 5. The van der Waals surface area contributed by atoms with Gasteiger partial charge >= 0.3 is 5.97 Å². The van der Waals surface area contributed by atoms with E-state index < -0.39 is 5.97 Å². The third-order valence-corrected chi connectivity index (χ3v) is 2.89. The summed E-state index contributed by atoms with van der Waals surface area (Å²) in [4.78, 5) is 28.4. The molecule has 6 heteroatoms. The van der Waals surface area contributed by atoms with Crippen molar-refractivity contribution in [3.63, 3.8) is 0 Å². The highest BCUT2D eigenvalue weighted by atomic mass is 16.4. The molecule has 0 radical (unpaired) electrons. The first-order valence-corrected chi connectivity index (χ1v) is 6.22.